The Morgan fingerprint density at radius 2 is 1.76 bits per heavy atom. The Morgan fingerprint density at radius 3 is 2.48 bits per heavy atom. The third-order valence-corrected chi connectivity index (χ3v) is 4.80. The second kappa shape index (κ2) is 8.26. The molecule has 0 unspecified atom stereocenters. The Bertz CT molecular complexity index is 1020. The smallest absolute Gasteiger partial charge is 0.274 e. The lowest BCUT2D eigenvalue weighted by Crippen LogP contribution is -2.17. The van der Waals surface area contributed by atoms with Crippen molar-refractivity contribution in [3.05, 3.63) is 71.9 Å². The first kappa shape index (κ1) is 18.9. The van der Waals surface area contributed by atoms with Crippen LogP contribution in [0.2, 0.25) is 0 Å². The molecule has 1 saturated heterocycles. The molecule has 4 rings (SSSR count). The van der Waals surface area contributed by atoms with Gasteiger partial charge in [-0.05, 0) is 56.2 Å². The Balaban J connectivity index is 1.49. The number of amides is 1. The average Bonchev–Trinajstić information content (AvgIpc) is 3.25. The SMILES string of the molecule is Cc1nc(Nc2ccc(N3CCCC3)cc2)cc(C(=O)Nc2ccccc2F)n1. The Kier molecular flexibility index (Phi) is 5.37. The van der Waals surface area contributed by atoms with Gasteiger partial charge in [-0.15, -0.1) is 0 Å². The van der Waals surface area contributed by atoms with Crippen molar-refractivity contribution in [1.82, 2.24) is 9.97 Å². The molecule has 0 atom stereocenters. The topological polar surface area (TPSA) is 70.2 Å². The Labute approximate surface area is 168 Å². The molecule has 29 heavy (non-hydrogen) atoms. The van der Waals surface area contributed by atoms with Crippen LogP contribution in [-0.2, 0) is 0 Å². The standard InChI is InChI=1S/C22H22FN5O/c1-15-24-20(22(29)27-19-7-3-2-6-18(19)23)14-21(25-15)26-16-8-10-17(11-9-16)28-12-4-5-13-28/h2-3,6-11,14H,4-5,12-13H2,1H3,(H,27,29)(H,24,25,26). The first-order chi connectivity index (χ1) is 14.1. The highest BCUT2D eigenvalue weighted by molar-refractivity contribution is 6.03. The van der Waals surface area contributed by atoms with Crippen LogP contribution in [-0.4, -0.2) is 29.0 Å². The van der Waals surface area contributed by atoms with Gasteiger partial charge in [0.25, 0.3) is 5.91 Å². The zero-order valence-electron chi connectivity index (χ0n) is 16.2. The molecule has 3 aromatic rings. The summed E-state index contributed by atoms with van der Waals surface area (Å²) in [5.74, 6) is -0.0384. The fourth-order valence-electron chi connectivity index (χ4n) is 3.38. The minimum absolute atomic E-state index is 0.112. The van der Waals surface area contributed by atoms with Crippen LogP contribution in [0, 0.1) is 12.7 Å². The molecule has 148 valence electrons. The highest BCUT2D eigenvalue weighted by Gasteiger charge is 2.14. The summed E-state index contributed by atoms with van der Waals surface area (Å²) in [7, 11) is 0. The van der Waals surface area contributed by atoms with E-state index in [4.69, 9.17) is 0 Å². The minimum atomic E-state index is -0.497. The van der Waals surface area contributed by atoms with Crippen molar-refractivity contribution in [2.45, 2.75) is 19.8 Å². The fourth-order valence-corrected chi connectivity index (χ4v) is 3.38. The van der Waals surface area contributed by atoms with E-state index in [1.807, 2.05) is 12.1 Å². The minimum Gasteiger partial charge on any atom is -0.372 e. The molecule has 0 bridgehead atoms. The number of para-hydroxylation sites is 1. The fraction of sp³-hybridized carbons (Fsp3) is 0.227. The monoisotopic (exact) mass is 391 g/mol. The van der Waals surface area contributed by atoms with E-state index in [0.717, 1.165) is 18.8 Å². The van der Waals surface area contributed by atoms with Crippen molar-refractivity contribution in [3.8, 4) is 0 Å². The summed E-state index contributed by atoms with van der Waals surface area (Å²) in [6.07, 6.45) is 2.47. The van der Waals surface area contributed by atoms with E-state index in [-0.39, 0.29) is 11.4 Å². The molecule has 1 amide bonds. The second-order valence-electron chi connectivity index (χ2n) is 6.99. The van der Waals surface area contributed by atoms with Gasteiger partial charge in [0.2, 0.25) is 0 Å². The van der Waals surface area contributed by atoms with Gasteiger partial charge in [0.05, 0.1) is 5.69 Å². The predicted octanol–water partition coefficient (Wildman–Crippen LogP) is 4.52. The first-order valence-electron chi connectivity index (χ1n) is 9.62. The third-order valence-electron chi connectivity index (χ3n) is 4.80. The lowest BCUT2D eigenvalue weighted by molar-refractivity contribution is 0.102. The number of aromatic nitrogens is 2. The number of hydrogen-bond donors (Lipinski definition) is 2. The zero-order chi connectivity index (χ0) is 20.2. The van der Waals surface area contributed by atoms with Gasteiger partial charge in [-0.3, -0.25) is 4.79 Å². The van der Waals surface area contributed by atoms with Gasteiger partial charge < -0.3 is 15.5 Å². The second-order valence-corrected chi connectivity index (χ2v) is 6.99. The number of hydrogen-bond acceptors (Lipinski definition) is 5. The number of halogens is 1. The normalized spacial score (nSPS) is 13.4. The predicted molar refractivity (Wildman–Crippen MR) is 112 cm³/mol. The van der Waals surface area contributed by atoms with Crippen molar-refractivity contribution in [2.75, 3.05) is 28.6 Å². The van der Waals surface area contributed by atoms with Crippen LogP contribution >= 0.6 is 0 Å². The van der Waals surface area contributed by atoms with Crippen molar-refractivity contribution < 1.29 is 9.18 Å². The number of aryl methyl sites for hydroxylation is 1. The molecule has 1 aliphatic heterocycles. The van der Waals surface area contributed by atoms with Crippen LogP contribution in [0.1, 0.15) is 29.2 Å². The van der Waals surface area contributed by atoms with Crippen LogP contribution in [0.3, 0.4) is 0 Å². The lowest BCUT2D eigenvalue weighted by atomic mass is 10.2. The van der Waals surface area contributed by atoms with E-state index in [1.165, 1.54) is 30.7 Å². The van der Waals surface area contributed by atoms with Gasteiger partial charge in [-0.1, -0.05) is 12.1 Å². The summed E-state index contributed by atoms with van der Waals surface area (Å²) in [6, 6.07) is 15.7. The maximum atomic E-state index is 13.8. The molecule has 1 aromatic heterocycles. The Hall–Kier alpha value is -3.48. The summed E-state index contributed by atoms with van der Waals surface area (Å²) in [4.78, 5) is 23.4. The first-order valence-corrected chi connectivity index (χ1v) is 9.62. The molecule has 0 saturated carbocycles. The summed E-state index contributed by atoms with van der Waals surface area (Å²) in [5, 5.41) is 5.76. The van der Waals surface area contributed by atoms with Gasteiger partial charge in [0.15, 0.2) is 0 Å². The van der Waals surface area contributed by atoms with E-state index in [0.29, 0.717) is 11.6 Å². The van der Waals surface area contributed by atoms with Crippen LogP contribution in [0.5, 0.6) is 0 Å². The van der Waals surface area contributed by atoms with Crippen molar-refractivity contribution in [1.29, 1.82) is 0 Å². The lowest BCUT2D eigenvalue weighted by Gasteiger charge is -2.18. The molecule has 0 aliphatic carbocycles. The number of carbonyl (C=O) groups excluding carboxylic acids is 1. The number of nitrogens with zero attached hydrogens (tertiary/aromatic N) is 3. The summed E-state index contributed by atoms with van der Waals surface area (Å²) in [5.41, 5.74) is 2.35. The maximum Gasteiger partial charge on any atom is 0.274 e. The average molecular weight is 391 g/mol. The third kappa shape index (κ3) is 4.51. The molecule has 2 N–H and O–H groups in total. The van der Waals surface area contributed by atoms with Gasteiger partial charge in [-0.25, -0.2) is 14.4 Å². The van der Waals surface area contributed by atoms with Gasteiger partial charge in [0.1, 0.15) is 23.2 Å². The van der Waals surface area contributed by atoms with Crippen LogP contribution in [0.25, 0.3) is 0 Å². The van der Waals surface area contributed by atoms with Crippen LogP contribution in [0.15, 0.2) is 54.6 Å². The highest BCUT2D eigenvalue weighted by atomic mass is 19.1. The van der Waals surface area contributed by atoms with Crippen molar-refractivity contribution in [3.63, 3.8) is 0 Å². The van der Waals surface area contributed by atoms with Gasteiger partial charge in [-0.2, -0.15) is 0 Å². The number of anilines is 4. The molecule has 2 heterocycles. The van der Waals surface area contributed by atoms with Gasteiger partial charge >= 0.3 is 0 Å². The summed E-state index contributed by atoms with van der Waals surface area (Å²) >= 11 is 0. The van der Waals surface area contributed by atoms with Crippen molar-refractivity contribution in [2.24, 2.45) is 0 Å². The summed E-state index contributed by atoms with van der Waals surface area (Å²) in [6.45, 7) is 3.90. The molecule has 6 nitrogen and oxygen atoms in total. The number of rotatable bonds is 5. The van der Waals surface area contributed by atoms with E-state index < -0.39 is 11.7 Å². The van der Waals surface area contributed by atoms with E-state index >= 15 is 0 Å². The largest absolute Gasteiger partial charge is 0.372 e. The van der Waals surface area contributed by atoms with E-state index in [1.54, 1.807) is 25.1 Å². The number of nitrogens with one attached hydrogen (secondary N) is 2. The maximum absolute atomic E-state index is 13.8. The van der Waals surface area contributed by atoms with E-state index in [9.17, 15) is 9.18 Å². The molecule has 7 heteroatoms. The molecular formula is C22H22FN5O. The molecule has 2 aromatic carbocycles. The molecular weight excluding hydrogens is 369 g/mol. The summed E-state index contributed by atoms with van der Waals surface area (Å²) < 4.78 is 13.8. The molecule has 1 fully saturated rings. The Morgan fingerprint density at radius 1 is 1.03 bits per heavy atom. The molecule has 1 aliphatic rings. The zero-order valence-corrected chi connectivity index (χ0v) is 16.2. The van der Waals surface area contributed by atoms with Crippen LogP contribution < -0.4 is 15.5 Å². The quantitative estimate of drug-likeness (QED) is 0.669. The molecule has 0 radical (unpaired) electrons. The molecule has 0 spiro atoms. The van der Waals surface area contributed by atoms with E-state index in [2.05, 4.69) is 37.6 Å². The van der Waals surface area contributed by atoms with Crippen LogP contribution in [0.4, 0.5) is 27.3 Å². The van der Waals surface area contributed by atoms with Gasteiger partial charge in [0, 0.05) is 30.5 Å². The van der Waals surface area contributed by atoms with Crippen molar-refractivity contribution >= 4 is 28.8 Å². The number of benzene rings is 2. The number of carbonyl (C=O) groups is 1. The highest BCUT2D eigenvalue weighted by Crippen LogP contribution is 2.24.